The molecule has 1 heterocycles. The van der Waals surface area contributed by atoms with Crippen LogP contribution in [0.1, 0.15) is 39.0 Å². The van der Waals surface area contributed by atoms with Gasteiger partial charge in [-0.15, -0.1) is 0 Å². The number of aliphatic imine (C=N–C) groups is 1. The van der Waals surface area contributed by atoms with Gasteiger partial charge in [0.1, 0.15) is 5.75 Å². The van der Waals surface area contributed by atoms with Crippen molar-refractivity contribution in [1.29, 1.82) is 0 Å². The molecular weight excluding hydrogens is 308 g/mol. The first-order chi connectivity index (χ1) is 11.2. The quantitative estimate of drug-likeness (QED) is 0.829. The van der Waals surface area contributed by atoms with Gasteiger partial charge >= 0.3 is 0 Å². The fourth-order valence-electron chi connectivity index (χ4n) is 3.27. The van der Waals surface area contributed by atoms with E-state index in [1.54, 1.807) is 18.9 Å². The first-order valence-corrected chi connectivity index (χ1v) is 9.40. The molecular formula is C18H24N2O2S. The van der Waals surface area contributed by atoms with E-state index in [9.17, 15) is 4.79 Å². The molecule has 124 valence electrons. The zero-order valence-corrected chi connectivity index (χ0v) is 14.6. The molecule has 1 aliphatic carbocycles. The summed E-state index contributed by atoms with van der Waals surface area (Å²) in [5.74, 6) is 2.25. The minimum atomic E-state index is 0.198. The summed E-state index contributed by atoms with van der Waals surface area (Å²) < 4.78 is 5.18. The zero-order valence-electron chi connectivity index (χ0n) is 13.8. The summed E-state index contributed by atoms with van der Waals surface area (Å²) in [5.41, 5.74) is 0.870. The van der Waals surface area contributed by atoms with E-state index < -0.39 is 0 Å². The van der Waals surface area contributed by atoms with Gasteiger partial charge in [0.15, 0.2) is 5.17 Å². The molecule has 0 radical (unpaired) electrons. The Balaban J connectivity index is 1.83. The number of methoxy groups -OCH3 is 1. The molecule has 0 spiro atoms. The number of benzene rings is 1. The van der Waals surface area contributed by atoms with Crippen LogP contribution in [0.15, 0.2) is 29.3 Å². The second kappa shape index (κ2) is 7.39. The highest BCUT2D eigenvalue weighted by molar-refractivity contribution is 8.14. The van der Waals surface area contributed by atoms with Gasteiger partial charge in [-0.2, -0.15) is 0 Å². The predicted octanol–water partition coefficient (Wildman–Crippen LogP) is 4.23. The number of carbonyl (C=O) groups is 1. The Hall–Kier alpha value is -1.49. The first-order valence-electron chi connectivity index (χ1n) is 8.41. The molecule has 0 unspecified atom stereocenters. The van der Waals surface area contributed by atoms with Crippen molar-refractivity contribution in [1.82, 2.24) is 4.90 Å². The Labute approximate surface area is 142 Å². The molecule has 1 aliphatic heterocycles. The summed E-state index contributed by atoms with van der Waals surface area (Å²) in [7, 11) is 1.65. The number of carbonyl (C=O) groups excluding carboxylic acids is 1. The summed E-state index contributed by atoms with van der Waals surface area (Å²) in [6.45, 7) is 2.15. The Morgan fingerprint density at radius 1 is 1.30 bits per heavy atom. The molecule has 5 heteroatoms. The SMILES string of the molecule is CC[C@@H]1CSC(=Nc2ccc(OC)cc2)N1C(=O)C1CCCC1. The molecule has 1 amide bonds. The lowest BCUT2D eigenvalue weighted by molar-refractivity contribution is -0.132. The van der Waals surface area contributed by atoms with E-state index in [0.29, 0.717) is 0 Å². The largest absolute Gasteiger partial charge is 0.497 e. The van der Waals surface area contributed by atoms with Crippen LogP contribution in [0.25, 0.3) is 0 Å². The maximum atomic E-state index is 12.9. The van der Waals surface area contributed by atoms with Crippen LogP contribution >= 0.6 is 11.8 Å². The number of hydrogen-bond donors (Lipinski definition) is 0. The van der Waals surface area contributed by atoms with Crippen LogP contribution in [-0.2, 0) is 4.79 Å². The highest BCUT2D eigenvalue weighted by atomic mass is 32.2. The third kappa shape index (κ3) is 3.55. The molecule has 3 rings (SSSR count). The van der Waals surface area contributed by atoms with Gasteiger partial charge in [-0.1, -0.05) is 31.5 Å². The fraction of sp³-hybridized carbons (Fsp3) is 0.556. The van der Waals surface area contributed by atoms with Crippen molar-refractivity contribution in [2.45, 2.75) is 45.1 Å². The summed E-state index contributed by atoms with van der Waals surface area (Å²) in [5, 5.41) is 0.860. The Morgan fingerprint density at radius 3 is 2.61 bits per heavy atom. The Morgan fingerprint density at radius 2 is 2.00 bits per heavy atom. The van der Waals surface area contributed by atoms with Crippen molar-refractivity contribution in [3.05, 3.63) is 24.3 Å². The van der Waals surface area contributed by atoms with E-state index in [1.165, 1.54) is 12.8 Å². The second-order valence-corrected chi connectivity index (χ2v) is 7.14. The molecule has 0 bridgehead atoms. The van der Waals surface area contributed by atoms with Gasteiger partial charge in [0.05, 0.1) is 12.8 Å². The number of thioether (sulfide) groups is 1. The van der Waals surface area contributed by atoms with Crippen molar-refractivity contribution in [3.8, 4) is 5.75 Å². The number of ether oxygens (including phenoxy) is 1. The van der Waals surface area contributed by atoms with E-state index in [1.807, 2.05) is 29.2 Å². The van der Waals surface area contributed by atoms with E-state index in [2.05, 4.69) is 6.92 Å². The number of hydrogen-bond acceptors (Lipinski definition) is 4. The number of nitrogens with zero attached hydrogens (tertiary/aromatic N) is 2. The second-order valence-electron chi connectivity index (χ2n) is 6.16. The van der Waals surface area contributed by atoms with Crippen molar-refractivity contribution >= 4 is 28.5 Å². The average molecular weight is 332 g/mol. The van der Waals surface area contributed by atoms with Crippen LogP contribution in [0.3, 0.4) is 0 Å². The van der Waals surface area contributed by atoms with Crippen LogP contribution < -0.4 is 4.74 Å². The lowest BCUT2D eigenvalue weighted by Crippen LogP contribution is -2.42. The van der Waals surface area contributed by atoms with E-state index in [4.69, 9.17) is 9.73 Å². The molecule has 1 aromatic rings. The molecule has 0 N–H and O–H groups in total. The van der Waals surface area contributed by atoms with Crippen molar-refractivity contribution in [3.63, 3.8) is 0 Å². The molecule has 2 fully saturated rings. The van der Waals surface area contributed by atoms with Gasteiger partial charge in [-0.3, -0.25) is 9.69 Å². The van der Waals surface area contributed by atoms with Gasteiger partial charge in [-0.25, -0.2) is 4.99 Å². The Bertz CT molecular complexity index is 579. The van der Waals surface area contributed by atoms with Gasteiger partial charge < -0.3 is 4.74 Å². The van der Waals surface area contributed by atoms with Gasteiger partial charge in [0, 0.05) is 17.7 Å². The van der Waals surface area contributed by atoms with E-state index in [0.717, 1.165) is 41.6 Å². The predicted molar refractivity (Wildman–Crippen MR) is 95.4 cm³/mol. The van der Waals surface area contributed by atoms with Gasteiger partial charge in [0.2, 0.25) is 5.91 Å². The summed E-state index contributed by atoms with van der Waals surface area (Å²) >= 11 is 1.70. The molecule has 4 nitrogen and oxygen atoms in total. The molecule has 1 saturated heterocycles. The molecule has 23 heavy (non-hydrogen) atoms. The van der Waals surface area contributed by atoms with Gasteiger partial charge in [-0.05, 0) is 43.5 Å². The maximum Gasteiger partial charge on any atom is 0.231 e. The van der Waals surface area contributed by atoms with Crippen LogP contribution in [0.5, 0.6) is 5.75 Å². The van der Waals surface area contributed by atoms with Crippen molar-refractivity contribution < 1.29 is 9.53 Å². The normalized spacial score (nSPS) is 23.7. The third-order valence-corrected chi connectivity index (χ3v) is 5.78. The maximum absolute atomic E-state index is 12.9. The molecule has 1 aromatic carbocycles. The standard InChI is InChI=1S/C18H24N2O2S/c1-3-15-12-23-18(19-14-8-10-16(22-2)11-9-14)20(15)17(21)13-6-4-5-7-13/h8-11,13,15H,3-7,12H2,1-2H3/t15-/m1/s1. The summed E-state index contributed by atoms with van der Waals surface area (Å²) in [4.78, 5) is 19.6. The molecule has 2 aliphatic rings. The summed E-state index contributed by atoms with van der Waals surface area (Å²) in [6, 6.07) is 7.96. The highest BCUT2D eigenvalue weighted by Crippen LogP contribution is 2.34. The molecule has 0 aromatic heterocycles. The minimum Gasteiger partial charge on any atom is -0.497 e. The lowest BCUT2D eigenvalue weighted by Gasteiger charge is -2.26. The van der Waals surface area contributed by atoms with Crippen LogP contribution in [0.4, 0.5) is 5.69 Å². The van der Waals surface area contributed by atoms with Crippen LogP contribution in [0.2, 0.25) is 0 Å². The smallest absolute Gasteiger partial charge is 0.231 e. The van der Waals surface area contributed by atoms with Crippen molar-refractivity contribution in [2.75, 3.05) is 12.9 Å². The zero-order chi connectivity index (χ0) is 16.2. The minimum absolute atomic E-state index is 0.198. The first kappa shape index (κ1) is 16.4. The topological polar surface area (TPSA) is 41.9 Å². The number of amides is 1. The highest BCUT2D eigenvalue weighted by Gasteiger charge is 2.38. The van der Waals surface area contributed by atoms with E-state index in [-0.39, 0.29) is 17.9 Å². The third-order valence-electron chi connectivity index (χ3n) is 4.69. The fourth-order valence-corrected chi connectivity index (χ4v) is 4.54. The van der Waals surface area contributed by atoms with Gasteiger partial charge in [0.25, 0.3) is 0 Å². The molecule has 1 saturated carbocycles. The molecule has 1 atom stereocenters. The van der Waals surface area contributed by atoms with Crippen molar-refractivity contribution in [2.24, 2.45) is 10.9 Å². The Kier molecular flexibility index (Phi) is 5.26. The van der Waals surface area contributed by atoms with E-state index >= 15 is 0 Å². The van der Waals surface area contributed by atoms with Crippen LogP contribution in [-0.4, -0.2) is 34.9 Å². The number of rotatable bonds is 4. The monoisotopic (exact) mass is 332 g/mol. The number of amidine groups is 1. The van der Waals surface area contributed by atoms with Crippen LogP contribution in [0, 0.1) is 5.92 Å². The average Bonchev–Trinajstić information content (AvgIpc) is 3.24. The summed E-state index contributed by atoms with van der Waals surface area (Å²) in [6.07, 6.45) is 5.41. The lowest BCUT2D eigenvalue weighted by atomic mass is 10.1.